The van der Waals surface area contributed by atoms with Crippen LogP contribution in [0, 0.1) is 0 Å². The summed E-state index contributed by atoms with van der Waals surface area (Å²) < 4.78 is 0.608. The number of hydrogen-bond donors (Lipinski definition) is 3. The van der Waals surface area contributed by atoms with Crippen molar-refractivity contribution in [3.8, 4) is 0 Å². The molecule has 2 rings (SSSR count). The number of rotatable bonds is 4. The number of amides is 1. The van der Waals surface area contributed by atoms with Crippen LogP contribution in [0.3, 0.4) is 0 Å². The number of H-pyrrole nitrogens is 1. The van der Waals surface area contributed by atoms with Gasteiger partial charge in [-0.2, -0.15) is 0 Å². The van der Waals surface area contributed by atoms with Crippen LogP contribution in [-0.2, 0) is 11.3 Å². The highest BCUT2D eigenvalue weighted by atomic mass is 32.1. The van der Waals surface area contributed by atoms with Crippen LogP contribution < -0.4 is 16.6 Å². The van der Waals surface area contributed by atoms with E-state index in [9.17, 15) is 9.59 Å². The van der Waals surface area contributed by atoms with E-state index in [-0.39, 0.29) is 5.56 Å². The van der Waals surface area contributed by atoms with Gasteiger partial charge in [-0.3, -0.25) is 14.9 Å². The highest BCUT2D eigenvalue weighted by molar-refractivity contribution is 7.17. The molecule has 7 heteroatoms. The molecule has 0 saturated carbocycles. The van der Waals surface area contributed by atoms with E-state index in [2.05, 4.69) is 15.3 Å². The van der Waals surface area contributed by atoms with Crippen LogP contribution >= 0.6 is 11.3 Å². The minimum Gasteiger partial charge on any atom is -0.368 e. The molecule has 90 valence electrons. The SMILES string of the molecule is CC(NCc1nc2ccsc2c(=O)[nH]1)C(N)=O. The highest BCUT2D eigenvalue weighted by Gasteiger charge is 2.09. The number of primary amides is 1. The molecule has 0 bridgehead atoms. The Morgan fingerprint density at radius 1 is 1.71 bits per heavy atom. The minimum atomic E-state index is -0.460. The third-order valence-electron chi connectivity index (χ3n) is 2.37. The van der Waals surface area contributed by atoms with E-state index in [1.54, 1.807) is 13.0 Å². The number of aromatic amines is 1. The lowest BCUT2D eigenvalue weighted by Crippen LogP contribution is -2.38. The number of fused-ring (bicyclic) bond motifs is 1. The summed E-state index contributed by atoms with van der Waals surface area (Å²) in [5, 5.41) is 4.69. The van der Waals surface area contributed by atoms with E-state index < -0.39 is 11.9 Å². The Labute approximate surface area is 101 Å². The fourth-order valence-electron chi connectivity index (χ4n) is 1.36. The van der Waals surface area contributed by atoms with Gasteiger partial charge in [-0.15, -0.1) is 11.3 Å². The molecule has 0 aliphatic carbocycles. The first kappa shape index (κ1) is 11.7. The number of carbonyl (C=O) groups is 1. The van der Waals surface area contributed by atoms with Crippen LogP contribution in [-0.4, -0.2) is 21.9 Å². The summed E-state index contributed by atoms with van der Waals surface area (Å²) in [5.41, 5.74) is 5.62. The van der Waals surface area contributed by atoms with Gasteiger partial charge in [0.25, 0.3) is 5.56 Å². The molecular weight excluding hydrogens is 240 g/mol. The summed E-state index contributed by atoms with van der Waals surface area (Å²) >= 11 is 1.35. The Hall–Kier alpha value is -1.73. The summed E-state index contributed by atoms with van der Waals surface area (Å²) in [6, 6.07) is 1.33. The van der Waals surface area contributed by atoms with Crippen molar-refractivity contribution in [2.45, 2.75) is 19.5 Å². The zero-order chi connectivity index (χ0) is 12.4. The lowest BCUT2D eigenvalue weighted by atomic mass is 10.3. The first-order valence-electron chi connectivity index (χ1n) is 5.07. The highest BCUT2D eigenvalue weighted by Crippen LogP contribution is 2.13. The Morgan fingerprint density at radius 2 is 2.47 bits per heavy atom. The second-order valence-electron chi connectivity index (χ2n) is 3.65. The van der Waals surface area contributed by atoms with Crippen molar-refractivity contribution in [2.24, 2.45) is 5.73 Å². The van der Waals surface area contributed by atoms with Crippen LogP contribution in [0.25, 0.3) is 10.2 Å². The van der Waals surface area contributed by atoms with Crippen molar-refractivity contribution in [2.75, 3.05) is 0 Å². The third-order valence-corrected chi connectivity index (χ3v) is 3.27. The van der Waals surface area contributed by atoms with Crippen LogP contribution in [0.15, 0.2) is 16.2 Å². The smallest absolute Gasteiger partial charge is 0.268 e. The Balaban J connectivity index is 2.19. The second-order valence-corrected chi connectivity index (χ2v) is 4.57. The molecule has 4 N–H and O–H groups in total. The lowest BCUT2D eigenvalue weighted by Gasteiger charge is -2.08. The molecule has 17 heavy (non-hydrogen) atoms. The van der Waals surface area contributed by atoms with Crippen LogP contribution in [0.5, 0.6) is 0 Å². The van der Waals surface area contributed by atoms with Gasteiger partial charge in [-0.25, -0.2) is 4.98 Å². The number of carbonyl (C=O) groups excluding carboxylic acids is 1. The molecule has 0 aromatic carbocycles. The molecule has 1 amide bonds. The molecule has 0 radical (unpaired) electrons. The van der Waals surface area contributed by atoms with E-state index in [1.807, 2.05) is 5.38 Å². The van der Waals surface area contributed by atoms with E-state index in [0.29, 0.717) is 22.6 Å². The summed E-state index contributed by atoms with van der Waals surface area (Å²) in [7, 11) is 0. The maximum absolute atomic E-state index is 11.6. The van der Waals surface area contributed by atoms with Gasteiger partial charge in [0.15, 0.2) is 0 Å². The van der Waals surface area contributed by atoms with Crippen molar-refractivity contribution in [1.29, 1.82) is 0 Å². The van der Waals surface area contributed by atoms with Crippen LogP contribution in [0.4, 0.5) is 0 Å². The van der Waals surface area contributed by atoms with Gasteiger partial charge in [-0.05, 0) is 18.4 Å². The normalized spacial score (nSPS) is 12.8. The number of nitrogens with one attached hydrogen (secondary N) is 2. The monoisotopic (exact) mass is 252 g/mol. The molecule has 2 aromatic rings. The third kappa shape index (κ3) is 2.51. The maximum Gasteiger partial charge on any atom is 0.268 e. The molecule has 1 unspecified atom stereocenters. The van der Waals surface area contributed by atoms with Crippen molar-refractivity contribution >= 4 is 27.5 Å². The summed E-state index contributed by atoms with van der Waals surface area (Å²) in [6.07, 6.45) is 0. The van der Waals surface area contributed by atoms with E-state index in [4.69, 9.17) is 5.73 Å². The Kier molecular flexibility index (Phi) is 3.21. The van der Waals surface area contributed by atoms with Gasteiger partial charge in [-0.1, -0.05) is 0 Å². The molecule has 1 atom stereocenters. The fourth-order valence-corrected chi connectivity index (χ4v) is 2.08. The molecule has 0 fully saturated rings. The molecule has 0 aliphatic heterocycles. The largest absolute Gasteiger partial charge is 0.368 e. The quantitative estimate of drug-likeness (QED) is 0.710. The van der Waals surface area contributed by atoms with Crippen molar-refractivity contribution in [3.63, 3.8) is 0 Å². The zero-order valence-corrected chi connectivity index (χ0v) is 10.0. The van der Waals surface area contributed by atoms with Gasteiger partial charge in [0.05, 0.1) is 18.1 Å². The van der Waals surface area contributed by atoms with Crippen LogP contribution in [0.2, 0.25) is 0 Å². The number of nitrogens with two attached hydrogens (primary N) is 1. The van der Waals surface area contributed by atoms with E-state index in [0.717, 1.165) is 0 Å². The Bertz CT molecular complexity index is 604. The summed E-state index contributed by atoms with van der Waals surface area (Å²) in [6.45, 7) is 1.95. The number of aromatic nitrogens is 2. The summed E-state index contributed by atoms with van der Waals surface area (Å²) in [4.78, 5) is 29.4. The molecule has 0 saturated heterocycles. The predicted octanol–water partition coefficient (Wildman–Crippen LogP) is -0.0520. The molecule has 2 aromatic heterocycles. The average molecular weight is 252 g/mol. The maximum atomic E-state index is 11.6. The van der Waals surface area contributed by atoms with Crippen molar-refractivity contribution in [3.05, 3.63) is 27.6 Å². The van der Waals surface area contributed by atoms with Crippen molar-refractivity contribution < 1.29 is 4.79 Å². The topological polar surface area (TPSA) is 101 Å². The van der Waals surface area contributed by atoms with Gasteiger partial charge < -0.3 is 10.7 Å². The van der Waals surface area contributed by atoms with Gasteiger partial charge in [0.1, 0.15) is 10.5 Å². The standard InChI is InChI=1S/C10H12N4O2S/c1-5(9(11)15)12-4-7-13-6-2-3-17-8(6)10(16)14-7/h2-3,5,12H,4H2,1H3,(H2,11,15)(H,13,14,16). The minimum absolute atomic E-state index is 0.159. The predicted molar refractivity (Wildman–Crippen MR) is 65.7 cm³/mol. The second kappa shape index (κ2) is 4.64. The first-order chi connectivity index (χ1) is 8.08. The average Bonchev–Trinajstić information content (AvgIpc) is 2.74. The van der Waals surface area contributed by atoms with Crippen LogP contribution in [0.1, 0.15) is 12.7 Å². The van der Waals surface area contributed by atoms with Gasteiger partial charge in [0, 0.05) is 0 Å². The molecule has 0 aliphatic rings. The molecule has 2 heterocycles. The van der Waals surface area contributed by atoms with E-state index >= 15 is 0 Å². The van der Waals surface area contributed by atoms with Gasteiger partial charge >= 0.3 is 0 Å². The zero-order valence-electron chi connectivity index (χ0n) is 9.19. The number of hydrogen-bond acceptors (Lipinski definition) is 5. The number of nitrogens with zero attached hydrogens (tertiary/aromatic N) is 1. The number of thiophene rings is 1. The summed E-state index contributed by atoms with van der Waals surface area (Å²) in [5.74, 6) is 0.0537. The molecular formula is C10H12N4O2S. The van der Waals surface area contributed by atoms with Crippen molar-refractivity contribution in [1.82, 2.24) is 15.3 Å². The molecule has 6 nitrogen and oxygen atoms in total. The Morgan fingerprint density at radius 3 is 3.18 bits per heavy atom. The fraction of sp³-hybridized carbons (Fsp3) is 0.300. The first-order valence-corrected chi connectivity index (χ1v) is 5.95. The van der Waals surface area contributed by atoms with E-state index in [1.165, 1.54) is 11.3 Å². The lowest BCUT2D eigenvalue weighted by molar-refractivity contribution is -0.119. The molecule has 0 spiro atoms. The van der Waals surface area contributed by atoms with Gasteiger partial charge in [0.2, 0.25) is 5.91 Å².